The number of anilines is 1. The van der Waals surface area contributed by atoms with E-state index >= 15 is 0 Å². The quantitative estimate of drug-likeness (QED) is 0.377. The SMILES string of the molecule is CCOC(=O)c1ccc(NC(=O)/C(=C/c2ccco2)NC(=O)c2cccc(Br)c2)cc1. The zero-order valence-electron chi connectivity index (χ0n) is 16.6. The number of amides is 2. The molecule has 31 heavy (non-hydrogen) atoms. The molecule has 0 aliphatic heterocycles. The predicted octanol–water partition coefficient (Wildman–Crippen LogP) is 4.63. The van der Waals surface area contributed by atoms with E-state index in [9.17, 15) is 14.4 Å². The van der Waals surface area contributed by atoms with E-state index in [1.165, 1.54) is 12.3 Å². The Labute approximate surface area is 187 Å². The molecule has 0 saturated heterocycles. The summed E-state index contributed by atoms with van der Waals surface area (Å²) in [6, 6.07) is 16.4. The smallest absolute Gasteiger partial charge is 0.338 e. The Bertz CT molecular complexity index is 1110. The minimum Gasteiger partial charge on any atom is -0.465 e. The van der Waals surface area contributed by atoms with Crippen molar-refractivity contribution in [2.45, 2.75) is 6.92 Å². The van der Waals surface area contributed by atoms with E-state index in [4.69, 9.17) is 9.15 Å². The van der Waals surface area contributed by atoms with Gasteiger partial charge < -0.3 is 19.8 Å². The molecule has 2 amide bonds. The summed E-state index contributed by atoms with van der Waals surface area (Å²) in [6.07, 6.45) is 2.89. The van der Waals surface area contributed by atoms with Crippen molar-refractivity contribution in [3.05, 3.63) is 94.0 Å². The lowest BCUT2D eigenvalue weighted by Crippen LogP contribution is -2.30. The van der Waals surface area contributed by atoms with Crippen LogP contribution >= 0.6 is 15.9 Å². The molecule has 7 nitrogen and oxygen atoms in total. The standard InChI is InChI=1S/C23H19BrN2O5/c1-2-30-23(29)15-8-10-18(11-9-15)25-22(28)20(14-19-7-4-12-31-19)26-21(27)16-5-3-6-17(24)13-16/h3-14H,2H2,1H3,(H,25,28)(H,26,27)/b20-14-. The van der Waals surface area contributed by atoms with E-state index in [2.05, 4.69) is 26.6 Å². The van der Waals surface area contributed by atoms with Gasteiger partial charge >= 0.3 is 5.97 Å². The third-order valence-corrected chi connectivity index (χ3v) is 4.56. The van der Waals surface area contributed by atoms with Gasteiger partial charge in [-0.25, -0.2) is 4.79 Å². The van der Waals surface area contributed by atoms with Crippen LogP contribution in [-0.4, -0.2) is 24.4 Å². The van der Waals surface area contributed by atoms with Gasteiger partial charge in [0, 0.05) is 21.8 Å². The Morgan fingerprint density at radius 2 is 1.81 bits per heavy atom. The second-order valence-electron chi connectivity index (χ2n) is 6.29. The zero-order chi connectivity index (χ0) is 22.2. The van der Waals surface area contributed by atoms with Gasteiger partial charge in [0.05, 0.1) is 18.4 Å². The summed E-state index contributed by atoms with van der Waals surface area (Å²) < 4.78 is 11.0. The van der Waals surface area contributed by atoms with Crippen LogP contribution in [0.3, 0.4) is 0 Å². The van der Waals surface area contributed by atoms with E-state index in [-0.39, 0.29) is 12.3 Å². The highest BCUT2D eigenvalue weighted by atomic mass is 79.9. The maximum atomic E-state index is 12.9. The predicted molar refractivity (Wildman–Crippen MR) is 119 cm³/mol. The Kier molecular flexibility index (Phi) is 7.40. The molecular formula is C23H19BrN2O5. The van der Waals surface area contributed by atoms with Crippen molar-refractivity contribution < 1.29 is 23.5 Å². The number of carbonyl (C=O) groups excluding carboxylic acids is 3. The van der Waals surface area contributed by atoms with Crippen LogP contribution in [0.2, 0.25) is 0 Å². The molecular weight excluding hydrogens is 464 g/mol. The molecule has 0 saturated carbocycles. The largest absolute Gasteiger partial charge is 0.465 e. The monoisotopic (exact) mass is 482 g/mol. The van der Waals surface area contributed by atoms with Crippen LogP contribution in [0.15, 0.2) is 81.5 Å². The first kappa shape index (κ1) is 22.0. The van der Waals surface area contributed by atoms with E-state index in [1.807, 2.05) is 0 Å². The summed E-state index contributed by atoms with van der Waals surface area (Å²) in [7, 11) is 0. The average molecular weight is 483 g/mol. The number of benzene rings is 2. The molecule has 0 atom stereocenters. The van der Waals surface area contributed by atoms with Gasteiger partial charge in [0.25, 0.3) is 11.8 Å². The van der Waals surface area contributed by atoms with Gasteiger partial charge in [0.15, 0.2) is 0 Å². The molecule has 0 aliphatic carbocycles. The number of rotatable bonds is 7. The Balaban J connectivity index is 1.78. The van der Waals surface area contributed by atoms with Crippen molar-refractivity contribution in [2.75, 3.05) is 11.9 Å². The molecule has 2 aromatic carbocycles. The molecule has 0 spiro atoms. The molecule has 3 rings (SSSR count). The van der Waals surface area contributed by atoms with Crippen LogP contribution in [0.1, 0.15) is 33.4 Å². The highest BCUT2D eigenvalue weighted by Crippen LogP contribution is 2.15. The zero-order valence-corrected chi connectivity index (χ0v) is 18.1. The van der Waals surface area contributed by atoms with E-state index in [1.54, 1.807) is 67.6 Å². The minimum absolute atomic E-state index is 0.00519. The fourth-order valence-corrected chi connectivity index (χ4v) is 3.00. The topological polar surface area (TPSA) is 97.6 Å². The fourth-order valence-electron chi connectivity index (χ4n) is 2.60. The summed E-state index contributed by atoms with van der Waals surface area (Å²) in [6.45, 7) is 2.00. The number of esters is 1. The van der Waals surface area contributed by atoms with Crippen LogP contribution in [0, 0.1) is 0 Å². The molecule has 158 valence electrons. The molecule has 0 bridgehead atoms. The van der Waals surface area contributed by atoms with Gasteiger partial charge in [0.1, 0.15) is 11.5 Å². The van der Waals surface area contributed by atoms with Gasteiger partial charge in [0.2, 0.25) is 0 Å². The molecule has 0 fully saturated rings. The molecule has 0 radical (unpaired) electrons. The average Bonchev–Trinajstić information content (AvgIpc) is 3.27. The fraction of sp³-hybridized carbons (Fsp3) is 0.0870. The van der Waals surface area contributed by atoms with E-state index in [0.717, 1.165) is 4.47 Å². The lowest BCUT2D eigenvalue weighted by atomic mass is 10.2. The van der Waals surface area contributed by atoms with Crippen molar-refractivity contribution in [3.8, 4) is 0 Å². The highest BCUT2D eigenvalue weighted by molar-refractivity contribution is 9.10. The van der Waals surface area contributed by atoms with E-state index in [0.29, 0.717) is 22.6 Å². The van der Waals surface area contributed by atoms with Crippen molar-refractivity contribution in [2.24, 2.45) is 0 Å². The van der Waals surface area contributed by atoms with Gasteiger partial charge in [-0.05, 0) is 61.5 Å². The van der Waals surface area contributed by atoms with Gasteiger partial charge in [-0.15, -0.1) is 0 Å². The normalized spacial score (nSPS) is 11.0. The van der Waals surface area contributed by atoms with Crippen LogP contribution < -0.4 is 10.6 Å². The number of ether oxygens (including phenoxy) is 1. The number of hydrogen-bond donors (Lipinski definition) is 2. The first-order chi connectivity index (χ1) is 15.0. The minimum atomic E-state index is -0.552. The summed E-state index contributed by atoms with van der Waals surface area (Å²) in [4.78, 5) is 37.3. The number of furan rings is 1. The third-order valence-electron chi connectivity index (χ3n) is 4.06. The maximum Gasteiger partial charge on any atom is 0.338 e. The Hall–Kier alpha value is -3.65. The Morgan fingerprint density at radius 3 is 2.45 bits per heavy atom. The molecule has 8 heteroatoms. The second kappa shape index (κ2) is 10.4. The maximum absolute atomic E-state index is 12.9. The van der Waals surface area contributed by atoms with Crippen LogP contribution in [0.4, 0.5) is 5.69 Å². The van der Waals surface area contributed by atoms with Crippen molar-refractivity contribution in [3.63, 3.8) is 0 Å². The summed E-state index contributed by atoms with van der Waals surface area (Å²) in [5.41, 5.74) is 1.19. The summed E-state index contributed by atoms with van der Waals surface area (Å²) >= 11 is 3.32. The van der Waals surface area contributed by atoms with E-state index < -0.39 is 17.8 Å². The summed E-state index contributed by atoms with van der Waals surface area (Å²) in [5, 5.41) is 5.32. The summed E-state index contributed by atoms with van der Waals surface area (Å²) in [5.74, 6) is -1.05. The highest BCUT2D eigenvalue weighted by Gasteiger charge is 2.16. The number of hydrogen-bond acceptors (Lipinski definition) is 5. The van der Waals surface area contributed by atoms with Crippen molar-refractivity contribution in [1.29, 1.82) is 0 Å². The first-order valence-corrected chi connectivity index (χ1v) is 10.2. The van der Waals surface area contributed by atoms with Crippen LogP contribution in [0.25, 0.3) is 6.08 Å². The first-order valence-electron chi connectivity index (χ1n) is 9.37. The molecule has 3 aromatic rings. The second-order valence-corrected chi connectivity index (χ2v) is 7.21. The number of carbonyl (C=O) groups is 3. The van der Waals surface area contributed by atoms with Crippen molar-refractivity contribution >= 4 is 45.5 Å². The lowest BCUT2D eigenvalue weighted by Gasteiger charge is -2.11. The molecule has 0 unspecified atom stereocenters. The van der Waals surface area contributed by atoms with Crippen LogP contribution in [0.5, 0.6) is 0 Å². The molecule has 1 aromatic heterocycles. The molecule has 1 heterocycles. The van der Waals surface area contributed by atoms with Gasteiger partial charge in [-0.1, -0.05) is 22.0 Å². The number of halogens is 1. The van der Waals surface area contributed by atoms with Crippen molar-refractivity contribution in [1.82, 2.24) is 5.32 Å². The molecule has 2 N–H and O–H groups in total. The third kappa shape index (κ3) is 6.16. The lowest BCUT2D eigenvalue weighted by molar-refractivity contribution is -0.113. The molecule has 0 aliphatic rings. The Morgan fingerprint density at radius 1 is 1.03 bits per heavy atom. The van der Waals surface area contributed by atoms with Gasteiger partial charge in [-0.2, -0.15) is 0 Å². The van der Waals surface area contributed by atoms with Crippen LogP contribution in [-0.2, 0) is 9.53 Å². The number of nitrogens with one attached hydrogen (secondary N) is 2. The van der Waals surface area contributed by atoms with Gasteiger partial charge in [-0.3, -0.25) is 9.59 Å².